The molecule has 1 N–H and O–H groups in total. The van der Waals surface area contributed by atoms with Crippen LogP contribution >= 0.6 is 34.2 Å². The number of amides is 1. The van der Waals surface area contributed by atoms with Gasteiger partial charge in [-0.2, -0.15) is 5.10 Å². The first kappa shape index (κ1) is 16.9. The van der Waals surface area contributed by atoms with E-state index in [1.165, 1.54) is 6.33 Å². The van der Waals surface area contributed by atoms with Crippen LogP contribution in [0.1, 0.15) is 28.9 Å². The Morgan fingerprint density at radius 1 is 1.25 bits per heavy atom. The van der Waals surface area contributed by atoms with Gasteiger partial charge in [-0.3, -0.25) is 4.79 Å². The Labute approximate surface area is 158 Å². The van der Waals surface area contributed by atoms with Gasteiger partial charge in [-0.05, 0) is 65.4 Å². The number of aromatic nitrogens is 3. The molecule has 0 fully saturated rings. The van der Waals surface area contributed by atoms with Gasteiger partial charge in [0.15, 0.2) is 0 Å². The van der Waals surface area contributed by atoms with Crippen LogP contribution in [0.5, 0.6) is 0 Å². The quantitative estimate of drug-likeness (QED) is 0.609. The minimum absolute atomic E-state index is 0.117. The van der Waals surface area contributed by atoms with E-state index in [1.54, 1.807) is 29.2 Å². The number of hydrogen-bond acceptors (Lipinski definition) is 3. The zero-order valence-corrected chi connectivity index (χ0v) is 15.7. The minimum atomic E-state index is -0.121. The molecule has 0 radical (unpaired) electrons. The summed E-state index contributed by atoms with van der Waals surface area (Å²) >= 11 is 8.04. The summed E-state index contributed by atoms with van der Waals surface area (Å²) in [5.41, 5.74) is 2.55. The third-order valence-corrected chi connectivity index (χ3v) is 4.73. The van der Waals surface area contributed by atoms with E-state index in [-0.39, 0.29) is 11.9 Å². The van der Waals surface area contributed by atoms with Gasteiger partial charge >= 0.3 is 0 Å². The van der Waals surface area contributed by atoms with Gasteiger partial charge in [-0.1, -0.05) is 23.7 Å². The van der Waals surface area contributed by atoms with E-state index in [9.17, 15) is 4.79 Å². The first-order valence-corrected chi connectivity index (χ1v) is 8.71. The standard InChI is InChI=1S/C17H14ClIN4O/c1-11(22-17(24)15-7-4-13(18)8-16(15)19)12-2-5-14(6-3-12)23-10-20-9-21-23/h2-11H,1H3,(H,22,24). The summed E-state index contributed by atoms with van der Waals surface area (Å²) in [6.45, 7) is 1.95. The molecule has 0 aliphatic carbocycles. The molecule has 1 heterocycles. The molecule has 122 valence electrons. The summed E-state index contributed by atoms with van der Waals surface area (Å²) in [7, 11) is 0. The molecule has 2 aromatic carbocycles. The smallest absolute Gasteiger partial charge is 0.252 e. The van der Waals surface area contributed by atoms with Crippen molar-refractivity contribution in [1.29, 1.82) is 0 Å². The second-order valence-corrected chi connectivity index (χ2v) is 6.85. The predicted octanol–water partition coefficient (Wildman–Crippen LogP) is 4.02. The summed E-state index contributed by atoms with van der Waals surface area (Å²) in [5, 5.41) is 7.71. The zero-order valence-electron chi connectivity index (χ0n) is 12.8. The van der Waals surface area contributed by atoms with Gasteiger partial charge in [0.25, 0.3) is 5.91 Å². The van der Waals surface area contributed by atoms with Crippen molar-refractivity contribution in [3.63, 3.8) is 0 Å². The van der Waals surface area contributed by atoms with Crippen LogP contribution in [0.4, 0.5) is 0 Å². The zero-order chi connectivity index (χ0) is 17.1. The molecule has 0 aliphatic rings. The minimum Gasteiger partial charge on any atom is -0.345 e. The van der Waals surface area contributed by atoms with Crippen LogP contribution in [0, 0.1) is 3.57 Å². The number of nitrogens with zero attached hydrogens (tertiary/aromatic N) is 3. The van der Waals surface area contributed by atoms with E-state index >= 15 is 0 Å². The Hall–Kier alpha value is -1.93. The highest BCUT2D eigenvalue weighted by molar-refractivity contribution is 14.1. The molecule has 3 rings (SSSR count). The molecular weight excluding hydrogens is 439 g/mol. The molecule has 1 aromatic heterocycles. The molecule has 1 atom stereocenters. The summed E-state index contributed by atoms with van der Waals surface area (Å²) in [6.07, 6.45) is 3.13. The van der Waals surface area contributed by atoms with Crippen LogP contribution in [0.15, 0.2) is 55.1 Å². The van der Waals surface area contributed by atoms with Crippen LogP contribution in [-0.4, -0.2) is 20.7 Å². The molecule has 1 amide bonds. The second-order valence-electron chi connectivity index (χ2n) is 5.25. The van der Waals surface area contributed by atoms with Crippen LogP contribution in [-0.2, 0) is 0 Å². The van der Waals surface area contributed by atoms with Crippen molar-refractivity contribution in [3.05, 3.63) is 74.8 Å². The van der Waals surface area contributed by atoms with Crippen LogP contribution in [0.2, 0.25) is 5.02 Å². The third-order valence-electron chi connectivity index (χ3n) is 3.60. The summed E-state index contributed by atoms with van der Waals surface area (Å²) in [4.78, 5) is 16.4. The van der Waals surface area contributed by atoms with Crippen molar-refractivity contribution in [3.8, 4) is 5.69 Å². The topological polar surface area (TPSA) is 59.8 Å². The van der Waals surface area contributed by atoms with Crippen molar-refractivity contribution < 1.29 is 4.79 Å². The molecule has 7 heteroatoms. The van der Waals surface area contributed by atoms with Crippen LogP contribution in [0.25, 0.3) is 5.69 Å². The maximum absolute atomic E-state index is 12.4. The fourth-order valence-corrected chi connectivity index (χ4v) is 3.41. The predicted molar refractivity (Wildman–Crippen MR) is 101 cm³/mol. The lowest BCUT2D eigenvalue weighted by molar-refractivity contribution is 0.0939. The molecule has 0 spiro atoms. The molecule has 0 saturated carbocycles. The number of halogens is 2. The molecule has 1 unspecified atom stereocenters. The maximum Gasteiger partial charge on any atom is 0.252 e. The van der Waals surface area contributed by atoms with Gasteiger partial charge in [0.05, 0.1) is 17.3 Å². The van der Waals surface area contributed by atoms with E-state index in [2.05, 4.69) is 38.0 Å². The van der Waals surface area contributed by atoms with Gasteiger partial charge in [-0.15, -0.1) is 0 Å². The van der Waals surface area contributed by atoms with Gasteiger partial charge in [0, 0.05) is 8.59 Å². The third kappa shape index (κ3) is 3.76. The lowest BCUT2D eigenvalue weighted by atomic mass is 10.1. The fraction of sp³-hybridized carbons (Fsp3) is 0.118. The molecule has 0 saturated heterocycles. The van der Waals surface area contributed by atoms with Gasteiger partial charge < -0.3 is 5.32 Å². The average molecular weight is 453 g/mol. The van der Waals surface area contributed by atoms with Crippen LogP contribution in [0.3, 0.4) is 0 Å². The Kier molecular flexibility index (Phi) is 5.15. The van der Waals surface area contributed by atoms with Crippen molar-refractivity contribution in [1.82, 2.24) is 20.1 Å². The number of benzene rings is 2. The van der Waals surface area contributed by atoms with Crippen LogP contribution < -0.4 is 5.32 Å². The maximum atomic E-state index is 12.4. The van der Waals surface area contributed by atoms with Crippen molar-refractivity contribution >= 4 is 40.1 Å². The SMILES string of the molecule is CC(NC(=O)c1ccc(Cl)cc1I)c1ccc(-n2cncn2)cc1. The lowest BCUT2D eigenvalue weighted by Crippen LogP contribution is -2.27. The first-order chi connectivity index (χ1) is 11.5. The fourth-order valence-electron chi connectivity index (χ4n) is 2.29. The van der Waals surface area contributed by atoms with Crippen molar-refractivity contribution in [2.45, 2.75) is 13.0 Å². The number of carbonyl (C=O) groups excluding carboxylic acids is 1. The Morgan fingerprint density at radius 3 is 2.62 bits per heavy atom. The summed E-state index contributed by atoms with van der Waals surface area (Å²) in [6, 6.07) is 12.9. The molecule has 3 aromatic rings. The summed E-state index contributed by atoms with van der Waals surface area (Å²) in [5.74, 6) is -0.121. The van der Waals surface area contributed by atoms with Gasteiger partial charge in [-0.25, -0.2) is 9.67 Å². The molecule has 5 nitrogen and oxygen atoms in total. The summed E-state index contributed by atoms with van der Waals surface area (Å²) < 4.78 is 2.51. The Morgan fingerprint density at radius 2 is 2.00 bits per heavy atom. The van der Waals surface area contributed by atoms with E-state index in [4.69, 9.17) is 11.6 Å². The molecule has 0 aliphatic heterocycles. The Balaban J connectivity index is 1.72. The largest absolute Gasteiger partial charge is 0.345 e. The van der Waals surface area contributed by atoms with Gasteiger partial charge in [0.1, 0.15) is 12.7 Å². The normalized spacial score (nSPS) is 12.0. The monoisotopic (exact) mass is 452 g/mol. The number of rotatable bonds is 4. The first-order valence-electron chi connectivity index (χ1n) is 7.25. The molecular formula is C17H14ClIN4O. The average Bonchev–Trinajstić information content (AvgIpc) is 3.09. The van der Waals surface area contributed by atoms with E-state index < -0.39 is 0 Å². The van der Waals surface area contributed by atoms with E-state index in [0.717, 1.165) is 14.8 Å². The number of nitrogens with one attached hydrogen (secondary N) is 1. The highest BCUT2D eigenvalue weighted by Crippen LogP contribution is 2.20. The lowest BCUT2D eigenvalue weighted by Gasteiger charge is -2.15. The van der Waals surface area contributed by atoms with Gasteiger partial charge in [0.2, 0.25) is 0 Å². The number of hydrogen-bond donors (Lipinski definition) is 1. The van der Waals surface area contributed by atoms with E-state index in [0.29, 0.717) is 10.6 Å². The highest BCUT2D eigenvalue weighted by Gasteiger charge is 2.14. The Bertz CT molecular complexity index is 850. The highest BCUT2D eigenvalue weighted by atomic mass is 127. The van der Waals surface area contributed by atoms with Crippen molar-refractivity contribution in [2.75, 3.05) is 0 Å². The van der Waals surface area contributed by atoms with E-state index in [1.807, 2.05) is 31.2 Å². The molecule has 0 bridgehead atoms. The molecule has 24 heavy (non-hydrogen) atoms. The second kappa shape index (κ2) is 7.31. The number of carbonyl (C=O) groups is 1. The van der Waals surface area contributed by atoms with Crippen molar-refractivity contribution in [2.24, 2.45) is 0 Å².